The van der Waals surface area contributed by atoms with Crippen LogP contribution >= 0.6 is 34.8 Å². The topological polar surface area (TPSA) is 333 Å². The number of halogens is 3. The fourth-order valence-electron chi connectivity index (χ4n) is 7.14. The molecule has 25 nitrogen and oxygen atoms in total. The van der Waals surface area contributed by atoms with Crippen LogP contribution in [0.4, 0.5) is 0 Å². The Bertz CT molecular complexity index is 4130. The van der Waals surface area contributed by atoms with Crippen LogP contribution in [-0.2, 0) is 40.5 Å². The Hall–Kier alpha value is -9.31. The van der Waals surface area contributed by atoms with Crippen molar-refractivity contribution < 1.29 is 56.7 Å². The summed E-state index contributed by atoms with van der Waals surface area (Å²) in [5, 5.41) is 27.0. The molecule has 0 spiro atoms. The Kier molecular flexibility index (Phi) is 22.9. The molecule has 0 amide bonds. The average Bonchev–Trinajstić information content (AvgIpc) is 4.55. The number of nitrogens with zero attached hydrogens (tertiary/aromatic N) is 15. The van der Waals surface area contributed by atoms with Crippen molar-refractivity contribution in [1.82, 2.24) is 78.5 Å². The molecule has 0 bridgehead atoms. The number of aromatic amines is 1. The number of ether oxygens (including phenoxy) is 1. The van der Waals surface area contributed by atoms with Gasteiger partial charge in [-0.1, -0.05) is 77.3 Å². The number of nitrogens with one attached hydrogen (secondary N) is 1. The summed E-state index contributed by atoms with van der Waals surface area (Å²) >= 11 is 16.1. The van der Waals surface area contributed by atoms with Gasteiger partial charge in [0.1, 0.15) is 67.1 Å². The summed E-state index contributed by atoms with van der Waals surface area (Å²) in [5.41, 5.74) is 11.0. The van der Waals surface area contributed by atoms with Gasteiger partial charge in [0.05, 0.1) is 31.9 Å². The number of benzene rings is 4. The second kappa shape index (κ2) is 31.1. The number of carbonyl (C=O) groups is 2. The van der Waals surface area contributed by atoms with Gasteiger partial charge in [0, 0.05) is 22.6 Å². The number of hydrogen-bond acceptors (Lipinski definition) is 21. The van der Waals surface area contributed by atoms with Crippen molar-refractivity contribution in [1.29, 1.82) is 0 Å². The molecule has 0 aliphatic heterocycles. The Morgan fingerprint density at radius 3 is 1.52 bits per heavy atom. The van der Waals surface area contributed by atoms with E-state index >= 15 is 0 Å². The first-order chi connectivity index (χ1) is 40.4. The maximum absolute atomic E-state index is 11.0. The number of aldehydes is 1. The predicted molar refractivity (Wildman–Crippen MR) is 301 cm³/mol. The SMILES string of the molecule is CCOc1ncnc2c1ncn2-c1ccc(/C=C/C(C)=O)cc1.Clc1ncnc2nc[nH]c12.O=Cc1ccc(-n2cnc3c(Cl)ncnc32)cc1.OCc1ccc(-n2cnc3c(Cl)ncnc32)cc1.O[B]Oc1ccc(CO)cc1.[O]=[Mn]=[O]. The van der Waals surface area contributed by atoms with E-state index in [1.54, 1.807) is 72.1 Å². The van der Waals surface area contributed by atoms with Gasteiger partial charge >= 0.3 is 30.2 Å². The van der Waals surface area contributed by atoms with E-state index < -0.39 is 14.8 Å². The van der Waals surface area contributed by atoms with Crippen molar-refractivity contribution in [3.8, 4) is 28.7 Å². The molecule has 4 N–H and O–H groups in total. The number of ketones is 1. The maximum atomic E-state index is 11.0. The number of aromatic nitrogens is 16. The van der Waals surface area contributed by atoms with Crippen molar-refractivity contribution in [2.75, 3.05) is 6.61 Å². The Balaban J connectivity index is 0.000000151. The van der Waals surface area contributed by atoms with Crippen molar-refractivity contribution in [2.45, 2.75) is 27.1 Å². The third-order valence-electron chi connectivity index (χ3n) is 11.0. The number of aliphatic hydroxyl groups is 2. The molecule has 0 unspecified atom stereocenters. The van der Waals surface area contributed by atoms with Crippen LogP contribution in [0, 0.1) is 0 Å². The van der Waals surface area contributed by atoms with E-state index in [1.165, 1.54) is 38.6 Å². The van der Waals surface area contributed by atoms with Gasteiger partial charge < -0.3 is 29.6 Å². The molecule has 30 heteroatoms. The molecule has 4 aromatic carbocycles. The number of H-pyrrole nitrogens is 1. The molecule has 420 valence electrons. The van der Waals surface area contributed by atoms with Crippen LogP contribution in [-0.4, -0.2) is 120 Å². The molecule has 0 fully saturated rings. The molecular weight excluding hydrogens is 1180 g/mol. The van der Waals surface area contributed by atoms with E-state index in [9.17, 15) is 9.59 Å². The second-order valence-corrected chi connectivity index (χ2v) is 17.5. The van der Waals surface area contributed by atoms with E-state index in [1.807, 2.05) is 76.7 Å². The van der Waals surface area contributed by atoms with Crippen molar-refractivity contribution >= 4 is 105 Å². The zero-order valence-corrected chi connectivity index (χ0v) is 46.7. The summed E-state index contributed by atoms with van der Waals surface area (Å²) in [6.45, 7) is 3.99. The number of hydrogen-bond donors (Lipinski definition) is 4. The first-order valence-corrected chi connectivity index (χ1v) is 26.1. The van der Waals surface area contributed by atoms with Crippen LogP contribution in [0.15, 0.2) is 154 Å². The van der Waals surface area contributed by atoms with Gasteiger partial charge in [0.15, 0.2) is 49.3 Å². The van der Waals surface area contributed by atoms with E-state index in [-0.39, 0.29) is 19.0 Å². The van der Waals surface area contributed by atoms with Gasteiger partial charge in [-0.05, 0) is 97.3 Å². The van der Waals surface area contributed by atoms with Crippen LogP contribution < -0.4 is 9.39 Å². The second-order valence-electron chi connectivity index (χ2n) is 16.2. The predicted octanol–water partition coefficient (Wildman–Crippen LogP) is 7.91. The first kappa shape index (κ1) is 61.3. The standard InChI is InChI=1S/C17H16N4O2.C12H9ClN4O.C12H7ClN4O.C7H8BO3.C5H3ClN4.Mn.2O/c1-3-23-17-15-16(18-10-19-17)21(11-20-15)14-8-6-13(7-9-14)5-4-12(2)22;2*13-11-10-12(15-6-14-11)17(7-16-10)9-3-1-8(5-18)2-4-9;9-5-6-1-3-7(4-2-6)11-8-10;6-4-3-5(9-1-7-3)10-2-8-4;;;/h4-11H,3H2,1-2H3;1-4,6-7,18H,5H2;1-7H;1-4,9-10H,5H2;1-2H,(H,7,8,9,10);;;/b5-4+;;;;;;;. The average molecular weight is 1220 g/mol. The molecule has 8 heterocycles. The Morgan fingerprint density at radius 2 is 1.05 bits per heavy atom. The number of aliphatic hydroxyl groups excluding tert-OH is 2. The third kappa shape index (κ3) is 16.4. The summed E-state index contributed by atoms with van der Waals surface area (Å²) < 4.78 is 32.4. The molecule has 83 heavy (non-hydrogen) atoms. The van der Waals surface area contributed by atoms with Crippen LogP contribution in [0.2, 0.25) is 15.5 Å². The molecule has 1 radical (unpaired) electrons. The fourth-order valence-corrected chi connectivity index (χ4v) is 7.68. The molecule has 0 saturated heterocycles. The quantitative estimate of drug-likeness (QED) is 0.0390. The molecule has 0 aliphatic rings. The fraction of sp³-hybridized carbons (Fsp3) is 0.0943. The molecule has 0 saturated carbocycles. The van der Waals surface area contributed by atoms with Crippen LogP contribution in [0.5, 0.6) is 11.6 Å². The molecule has 12 rings (SSSR count). The minimum absolute atomic E-state index is 0.0170. The molecule has 0 aliphatic carbocycles. The molecule has 12 aromatic rings. The van der Waals surface area contributed by atoms with E-state index in [0.717, 1.165) is 40.0 Å². The number of rotatable bonds is 12. The van der Waals surface area contributed by atoms with Gasteiger partial charge in [-0.3, -0.25) is 23.3 Å². The summed E-state index contributed by atoms with van der Waals surface area (Å²) in [6.07, 6.45) is 16.3. The summed E-state index contributed by atoms with van der Waals surface area (Å²) in [7, 11) is 0.619. The molecular formula is C53H43BCl3MnN16O9. The minimum atomic E-state index is -1.44. The normalized spacial score (nSPS) is 10.5. The van der Waals surface area contributed by atoms with Crippen molar-refractivity contribution in [2.24, 2.45) is 0 Å². The number of carbonyl (C=O) groups excluding carboxylic acids is 2. The number of fused-ring (bicyclic) bond motifs is 4. The number of imidazole rings is 4. The number of allylic oxidation sites excluding steroid dienone is 1. The monoisotopic (exact) mass is 1220 g/mol. The van der Waals surface area contributed by atoms with Crippen molar-refractivity contribution in [3.05, 3.63) is 191 Å². The zero-order valence-electron chi connectivity index (χ0n) is 43.3. The van der Waals surface area contributed by atoms with Crippen LogP contribution in [0.1, 0.15) is 40.9 Å². The summed E-state index contributed by atoms with van der Waals surface area (Å²) in [4.78, 5) is 73.1. The van der Waals surface area contributed by atoms with E-state index in [4.69, 9.17) is 62.4 Å². The summed E-state index contributed by atoms with van der Waals surface area (Å²) in [5.74, 6) is 1.05. The van der Waals surface area contributed by atoms with Crippen LogP contribution in [0.25, 0.3) is 67.8 Å². The Morgan fingerprint density at radius 1 is 0.602 bits per heavy atom. The van der Waals surface area contributed by atoms with Gasteiger partial charge in [0.25, 0.3) is 0 Å². The van der Waals surface area contributed by atoms with E-state index in [2.05, 4.69) is 69.4 Å². The Labute approximate surface area is 491 Å². The third-order valence-corrected chi connectivity index (χ3v) is 11.9. The van der Waals surface area contributed by atoms with Crippen LogP contribution in [0.3, 0.4) is 0 Å². The van der Waals surface area contributed by atoms with Gasteiger partial charge in [0.2, 0.25) is 5.88 Å². The van der Waals surface area contributed by atoms with Gasteiger partial charge in [-0.2, -0.15) is 4.98 Å². The molecule has 0 atom stereocenters. The van der Waals surface area contributed by atoms with Gasteiger partial charge in [-0.15, -0.1) is 0 Å². The zero-order chi connectivity index (χ0) is 59.1. The van der Waals surface area contributed by atoms with E-state index in [0.29, 0.717) is 91.6 Å². The van der Waals surface area contributed by atoms with Crippen molar-refractivity contribution in [3.63, 3.8) is 0 Å². The summed E-state index contributed by atoms with van der Waals surface area (Å²) in [6, 6.07) is 29.1. The van der Waals surface area contributed by atoms with Gasteiger partial charge in [-0.25, -0.2) is 54.8 Å². The molecule has 8 aromatic heterocycles. The first-order valence-electron chi connectivity index (χ1n) is 24.0.